The van der Waals surface area contributed by atoms with Gasteiger partial charge in [0.25, 0.3) is 0 Å². The zero-order valence-corrected chi connectivity index (χ0v) is 12.3. The molecule has 3 heteroatoms. The zero-order valence-electron chi connectivity index (χ0n) is 12.3. The first-order valence-corrected chi connectivity index (χ1v) is 6.85. The van der Waals surface area contributed by atoms with Crippen molar-refractivity contribution >= 4 is 0 Å². The Morgan fingerprint density at radius 1 is 1.05 bits per heavy atom. The fourth-order valence-corrected chi connectivity index (χ4v) is 3.08. The summed E-state index contributed by atoms with van der Waals surface area (Å²) in [6.45, 7) is 11.9. The highest BCUT2D eigenvalue weighted by molar-refractivity contribution is 5.21. The van der Waals surface area contributed by atoms with Gasteiger partial charge in [-0.15, -0.1) is 0 Å². The van der Waals surface area contributed by atoms with Crippen molar-refractivity contribution in [2.24, 2.45) is 16.7 Å². The van der Waals surface area contributed by atoms with Gasteiger partial charge >= 0.3 is 0 Å². The molecule has 0 radical (unpaired) electrons. The topological polar surface area (TPSA) is 12.0 Å². The van der Waals surface area contributed by atoms with Crippen LogP contribution >= 0.6 is 0 Å². The average Bonchev–Trinajstić information content (AvgIpc) is 2.65. The average molecular weight is 267 g/mol. The Labute approximate surface area is 114 Å². The molecule has 1 aliphatic carbocycles. The van der Waals surface area contributed by atoms with Crippen LogP contribution in [0.4, 0.5) is 8.78 Å². The number of benzene rings is 1. The molecule has 1 saturated carbocycles. The van der Waals surface area contributed by atoms with Crippen LogP contribution in [0.3, 0.4) is 0 Å². The molecular weight excluding hydrogens is 244 g/mol. The lowest BCUT2D eigenvalue weighted by Gasteiger charge is -2.15. The number of halogens is 2. The summed E-state index contributed by atoms with van der Waals surface area (Å²) in [5.74, 6) is -0.438. The van der Waals surface area contributed by atoms with Crippen molar-refractivity contribution < 1.29 is 8.78 Å². The quantitative estimate of drug-likeness (QED) is 0.857. The van der Waals surface area contributed by atoms with Crippen LogP contribution in [0.2, 0.25) is 0 Å². The van der Waals surface area contributed by atoms with Gasteiger partial charge < -0.3 is 5.32 Å². The van der Waals surface area contributed by atoms with E-state index in [9.17, 15) is 8.78 Å². The second-order valence-corrected chi connectivity index (χ2v) is 6.83. The minimum absolute atomic E-state index is 0.0441. The minimum Gasteiger partial charge on any atom is -0.310 e. The normalized spacial score (nSPS) is 22.3. The first-order valence-electron chi connectivity index (χ1n) is 6.85. The standard InChI is InChI=1S/C16H23F2N/c1-10(11-6-12(17)8-13(18)7-11)19-9-14-15(2,3)16(14,4)5/h6-8,10,14,19H,9H2,1-5H3. The van der Waals surface area contributed by atoms with E-state index < -0.39 is 11.6 Å². The number of rotatable bonds is 4. The molecule has 1 fully saturated rings. The molecule has 1 N–H and O–H groups in total. The highest BCUT2D eigenvalue weighted by Crippen LogP contribution is 2.68. The molecule has 1 aromatic rings. The molecule has 0 aliphatic heterocycles. The Morgan fingerprint density at radius 2 is 1.53 bits per heavy atom. The van der Waals surface area contributed by atoms with Crippen LogP contribution in [0.15, 0.2) is 18.2 Å². The summed E-state index contributed by atoms with van der Waals surface area (Å²) in [7, 11) is 0. The lowest BCUT2D eigenvalue weighted by atomic mass is 10.0. The Morgan fingerprint density at radius 3 is 1.95 bits per heavy atom. The summed E-state index contributed by atoms with van der Waals surface area (Å²) in [6.07, 6.45) is 0. The van der Waals surface area contributed by atoms with E-state index in [0.29, 0.717) is 22.3 Å². The van der Waals surface area contributed by atoms with Gasteiger partial charge in [0.2, 0.25) is 0 Å². The molecule has 0 spiro atoms. The molecule has 1 aromatic carbocycles. The van der Waals surface area contributed by atoms with Gasteiger partial charge in [-0.3, -0.25) is 0 Å². The third-order valence-electron chi connectivity index (χ3n) is 5.33. The van der Waals surface area contributed by atoms with Crippen molar-refractivity contribution in [2.45, 2.75) is 40.7 Å². The largest absolute Gasteiger partial charge is 0.310 e. The van der Waals surface area contributed by atoms with Gasteiger partial charge in [0, 0.05) is 12.1 Å². The van der Waals surface area contributed by atoms with Crippen LogP contribution in [0.1, 0.15) is 46.2 Å². The third-order valence-corrected chi connectivity index (χ3v) is 5.33. The maximum atomic E-state index is 13.2. The predicted molar refractivity (Wildman–Crippen MR) is 73.8 cm³/mol. The smallest absolute Gasteiger partial charge is 0.126 e. The van der Waals surface area contributed by atoms with Crippen LogP contribution in [-0.4, -0.2) is 6.54 Å². The van der Waals surface area contributed by atoms with Gasteiger partial charge in [0.05, 0.1) is 0 Å². The zero-order chi connectivity index (χ0) is 14.4. The maximum Gasteiger partial charge on any atom is 0.126 e. The molecule has 0 bridgehead atoms. The van der Waals surface area contributed by atoms with Crippen LogP contribution < -0.4 is 5.32 Å². The van der Waals surface area contributed by atoms with Gasteiger partial charge in [-0.05, 0) is 47.9 Å². The van der Waals surface area contributed by atoms with Crippen molar-refractivity contribution in [3.8, 4) is 0 Å². The van der Waals surface area contributed by atoms with Crippen molar-refractivity contribution in [3.63, 3.8) is 0 Å². The fraction of sp³-hybridized carbons (Fsp3) is 0.625. The van der Waals surface area contributed by atoms with Crippen LogP contribution in [0.25, 0.3) is 0 Å². The Bertz CT molecular complexity index is 445. The van der Waals surface area contributed by atoms with Crippen LogP contribution in [0, 0.1) is 28.4 Å². The van der Waals surface area contributed by atoms with Crippen molar-refractivity contribution in [2.75, 3.05) is 6.54 Å². The molecule has 1 atom stereocenters. The van der Waals surface area contributed by atoms with Crippen LogP contribution in [-0.2, 0) is 0 Å². The van der Waals surface area contributed by atoms with E-state index in [1.807, 2.05) is 6.92 Å². The van der Waals surface area contributed by atoms with E-state index >= 15 is 0 Å². The summed E-state index contributed by atoms with van der Waals surface area (Å²) in [4.78, 5) is 0. The maximum absolute atomic E-state index is 13.2. The van der Waals surface area contributed by atoms with Crippen molar-refractivity contribution in [1.29, 1.82) is 0 Å². The summed E-state index contributed by atoms with van der Waals surface area (Å²) in [5.41, 5.74) is 1.31. The fourth-order valence-electron chi connectivity index (χ4n) is 3.08. The van der Waals surface area contributed by atoms with E-state index in [-0.39, 0.29) is 6.04 Å². The van der Waals surface area contributed by atoms with Crippen molar-refractivity contribution in [1.82, 2.24) is 5.32 Å². The van der Waals surface area contributed by atoms with Crippen molar-refractivity contribution in [3.05, 3.63) is 35.4 Å². The lowest BCUT2D eigenvalue weighted by molar-refractivity contribution is 0.457. The van der Waals surface area contributed by atoms with Gasteiger partial charge in [-0.1, -0.05) is 27.7 Å². The Kier molecular flexibility index (Phi) is 3.46. The second-order valence-electron chi connectivity index (χ2n) is 6.83. The predicted octanol–water partition coefficient (Wildman–Crippen LogP) is 4.30. The number of hydrogen-bond acceptors (Lipinski definition) is 1. The van der Waals surface area contributed by atoms with Gasteiger partial charge in [0.15, 0.2) is 0 Å². The molecule has 19 heavy (non-hydrogen) atoms. The monoisotopic (exact) mass is 267 g/mol. The highest BCUT2D eigenvalue weighted by atomic mass is 19.1. The van der Waals surface area contributed by atoms with Gasteiger partial charge in [-0.2, -0.15) is 0 Å². The summed E-state index contributed by atoms with van der Waals surface area (Å²) in [6, 6.07) is 3.65. The third kappa shape index (κ3) is 2.53. The summed E-state index contributed by atoms with van der Waals surface area (Å²) < 4.78 is 26.4. The molecule has 0 aromatic heterocycles. The Hall–Kier alpha value is -0.960. The van der Waals surface area contributed by atoms with Crippen LogP contribution in [0.5, 0.6) is 0 Å². The SMILES string of the molecule is CC(NCC1C(C)(C)C1(C)C)c1cc(F)cc(F)c1. The van der Waals surface area contributed by atoms with E-state index in [2.05, 4.69) is 33.0 Å². The van der Waals surface area contributed by atoms with Gasteiger partial charge in [0.1, 0.15) is 11.6 Å². The first kappa shape index (κ1) is 14.4. The molecule has 0 saturated heterocycles. The lowest BCUT2D eigenvalue weighted by Crippen LogP contribution is -2.23. The Balaban J connectivity index is 1.97. The van der Waals surface area contributed by atoms with Gasteiger partial charge in [-0.25, -0.2) is 8.78 Å². The summed E-state index contributed by atoms with van der Waals surface area (Å²) >= 11 is 0. The molecular formula is C16H23F2N. The second kappa shape index (κ2) is 4.55. The van der Waals surface area contributed by atoms with E-state index in [1.165, 1.54) is 12.1 Å². The van der Waals surface area contributed by atoms with E-state index in [0.717, 1.165) is 12.6 Å². The number of hydrogen-bond donors (Lipinski definition) is 1. The minimum atomic E-state index is -0.518. The van der Waals surface area contributed by atoms with E-state index in [1.54, 1.807) is 0 Å². The van der Waals surface area contributed by atoms with E-state index in [4.69, 9.17) is 0 Å². The summed E-state index contributed by atoms with van der Waals surface area (Å²) in [5, 5.41) is 3.39. The molecule has 106 valence electrons. The molecule has 1 unspecified atom stereocenters. The molecule has 1 nitrogen and oxygen atoms in total. The molecule has 1 aliphatic rings. The molecule has 0 amide bonds. The highest BCUT2D eigenvalue weighted by Gasteiger charge is 2.63. The number of nitrogens with one attached hydrogen (secondary N) is 1. The first-order chi connectivity index (χ1) is 8.66. The molecule has 2 rings (SSSR count). The molecule has 0 heterocycles.